The molecule has 2 N–H and O–H groups in total. The lowest BCUT2D eigenvalue weighted by molar-refractivity contribution is 0.123. The first-order valence-electron chi connectivity index (χ1n) is 7.06. The van der Waals surface area contributed by atoms with Gasteiger partial charge in [0, 0.05) is 32.4 Å². The third-order valence-corrected chi connectivity index (χ3v) is 3.66. The Morgan fingerprint density at radius 3 is 3.11 bits per heavy atom. The first-order valence-corrected chi connectivity index (χ1v) is 7.06. The standard InChI is InChI=1S/C14H24N4O/c1-11-8-16-12(2)14(17-11)15-5-7-18-6-3-4-13(9-18)10-19/h8,13,19H,3-7,9-10H2,1-2H3,(H,15,17). The third-order valence-electron chi connectivity index (χ3n) is 3.66. The topological polar surface area (TPSA) is 61.3 Å². The van der Waals surface area contributed by atoms with Crippen LogP contribution in [0.5, 0.6) is 0 Å². The molecule has 0 spiro atoms. The summed E-state index contributed by atoms with van der Waals surface area (Å²) in [5.41, 5.74) is 1.88. The summed E-state index contributed by atoms with van der Waals surface area (Å²) in [6.07, 6.45) is 4.13. The lowest BCUT2D eigenvalue weighted by Gasteiger charge is -2.31. The highest BCUT2D eigenvalue weighted by Crippen LogP contribution is 2.15. The average Bonchev–Trinajstić information content (AvgIpc) is 2.43. The highest BCUT2D eigenvalue weighted by molar-refractivity contribution is 5.39. The van der Waals surface area contributed by atoms with E-state index in [4.69, 9.17) is 0 Å². The second kappa shape index (κ2) is 6.82. The van der Waals surface area contributed by atoms with Gasteiger partial charge in [-0.2, -0.15) is 0 Å². The monoisotopic (exact) mass is 264 g/mol. The molecule has 1 saturated heterocycles. The predicted molar refractivity (Wildman–Crippen MR) is 76.2 cm³/mol. The number of aryl methyl sites for hydroxylation is 2. The lowest BCUT2D eigenvalue weighted by Crippen LogP contribution is -2.39. The van der Waals surface area contributed by atoms with E-state index in [9.17, 15) is 5.11 Å². The van der Waals surface area contributed by atoms with Crippen LogP contribution in [-0.2, 0) is 0 Å². The Morgan fingerprint density at radius 1 is 1.47 bits per heavy atom. The van der Waals surface area contributed by atoms with E-state index in [1.165, 1.54) is 6.42 Å². The molecule has 19 heavy (non-hydrogen) atoms. The maximum atomic E-state index is 9.22. The van der Waals surface area contributed by atoms with Crippen LogP contribution in [0.4, 0.5) is 5.82 Å². The summed E-state index contributed by atoms with van der Waals surface area (Å²) in [6, 6.07) is 0. The quantitative estimate of drug-likeness (QED) is 0.837. The van der Waals surface area contributed by atoms with Crippen molar-refractivity contribution in [2.75, 3.05) is 38.1 Å². The van der Waals surface area contributed by atoms with Crippen molar-refractivity contribution in [2.24, 2.45) is 5.92 Å². The van der Waals surface area contributed by atoms with Crippen molar-refractivity contribution in [3.8, 4) is 0 Å². The number of hydrogen-bond acceptors (Lipinski definition) is 5. The molecular formula is C14H24N4O. The number of aliphatic hydroxyl groups excluding tert-OH is 1. The molecule has 2 rings (SSSR count). The highest BCUT2D eigenvalue weighted by atomic mass is 16.3. The summed E-state index contributed by atoms with van der Waals surface area (Å²) in [6.45, 7) is 8.24. The maximum Gasteiger partial charge on any atom is 0.147 e. The fraction of sp³-hybridized carbons (Fsp3) is 0.714. The van der Waals surface area contributed by atoms with Crippen molar-refractivity contribution in [3.05, 3.63) is 17.6 Å². The largest absolute Gasteiger partial charge is 0.396 e. The molecule has 0 bridgehead atoms. The first-order chi connectivity index (χ1) is 9.19. The second-order valence-electron chi connectivity index (χ2n) is 5.36. The molecule has 0 amide bonds. The zero-order valence-corrected chi connectivity index (χ0v) is 11.9. The van der Waals surface area contributed by atoms with Gasteiger partial charge in [0.2, 0.25) is 0 Å². The summed E-state index contributed by atoms with van der Waals surface area (Å²) >= 11 is 0. The molecular weight excluding hydrogens is 240 g/mol. The van der Waals surface area contributed by atoms with E-state index in [0.29, 0.717) is 12.5 Å². The molecule has 5 nitrogen and oxygen atoms in total. The number of anilines is 1. The van der Waals surface area contributed by atoms with Gasteiger partial charge in [0.15, 0.2) is 0 Å². The molecule has 0 aliphatic carbocycles. The number of likely N-dealkylation sites (tertiary alicyclic amines) is 1. The normalized spacial score (nSPS) is 20.5. The van der Waals surface area contributed by atoms with Gasteiger partial charge in [-0.15, -0.1) is 0 Å². The van der Waals surface area contributed by atoms with Crippen molar-refractivity contribution in [1.82, 2.24) is 14.9 Å². The van der Waals surface area contributed by atoms with Gasteiger partial charge in [0.1, 0.15) is 5.82 Å². The molecule has 1 aliphatic heterocycles. The van der Waals surface area contributed by atoms with Crippen molar-refractivity contribution in [3.63, 3.8) is 0 Å². The van der Waals surface area contributed by atoms with Gasteiger partial charge in [-0.1, -0.05) is 0 Å². The number of aliphatic hydroxyl groups is 1. The van der Waals surface area contributed by atoms with Crippen LogP contribution in [0.1, 0.15) is 24.2 Å². The van der Waals surface area contributed by atoms with Crippen molar-refractivity contribution in [1.29, 1.82) is 0 Å². The van der Waals surface area contributed by atoms with Crippen LogP contribution in [0.25, 0.3) is 0 Å². The third kappa shape index (κ3) is 4.14. The van der Waals surface area contributed by atoms with Gasteiger partial charge in [0.05, 0.1) is 11.4 Å². The first kappa shape index (κ1) is 14.2. The van der Waals surface area contributed by atoms with Crippen LogP contribution >= 0.6 is 0 Å². The Kier molecular flexibility index (Phi) is 5.10. The molecule has 1 aromatic heterocycles. The highest BCUT2D eigenvalue weighted by Gasteiger charge is 2.18. The molecule has 0 radical (unpaired) electrons. The van der Waals surface area contributed by atoms with Gasteiger partial charge in [-0.3, -0.25) is 4.98 Å². The molecule has 1 aliphatic rings. The second-order valence-corrected chi connectivity index (χ2v) is 5.36. The van der Waals surface area contributed by atoms with Crippen LogP contribution in [0, 0.1) is 19.8 Å². The SMILES string of the molecule is Cc1cnc(C)c(NCCN2CCCC(CO)C2)n1. The number of aromatic nitrogens is 2. The molecule has 2 heterocycles. The van der Waals surface area contributed by atoms with Crippen LogP contribution < -0.4 is 5.32 Å². The van der Waals surface area contributed by atoms with Crippen molar-refractivity contribution >= 4 is 5.82 Å². The number of nitrogens with zero attached hydrogens (tertiary/aromatic N) is 3. The number of piperidine rings is 1. The summed E-state index contributed by atoms with van der Waals surface area (Å²) in [5.74, 6) is 1.34. The minimum atomic E-state index is 0.312. The van der Waals surface area contributed by atoms with Crippen molar-refractivity contribution in [2.45, 2.75) is 26.7 Å². The molecule has 1 unspecified atom stereocenters. The van der Waals surface area contributed by atoms with E-state index >= 15 is 0 Å². The smallest absolute Gasteiger partial charge is 0.147 e. The molecule has 1 fully saturated rings. The van der Waals surface area contributed by atoms with E-state index in [1.807, 2.05) is 13.8 Å². The zero-order chi connectivity index (χ0) is 13.7. The maximum absolute atomic E-state index is 9.22. The van der Waals surface area contributed by atoms with E-state index in [-0.39, 0.29) is 0 Å². The van der Waals surface area contributed by atoms with Crippen LogP contribution in [-0.4, -0.2) is 52.8 Å². The van der Waals surface area contributed by atoms with E-state index in [0.717, 1.165) is 49.8 Å². The van der Waals surface area contributed by atoms with E-state index in [2.05, 4.69) is 20.2 Å². The Morgan fingerprint density at radius 2 is 2.32 bits per heavy atom. The minimum Gasteiger partial charge on any atom is -0.396 e. The van der Waals surface area contributed by atoms with Crippen LogP contribution in [0.2, 0.25) is 0 Å². The molecule has 1 aromatic rings. The summed E-state index contributed by atoms with van der Waals surface area (Å²) in [7, 11) is 0. The molecule has 0 aromatic carbocycles. The van der Waals surface area contributed by atoms with Gasteiger partial charge >= 0.3 is 0 Å². The summed E-state index contributed by atoms with van der Waals surface area (Å²) in [4.78, 5) is 11.2. The fourth-order valence-electron chi connectivity index (χ4n) is 2.54. The van der Waals surface area contributed by atoms with Gasteiger partial charge in [0.25, 0.3) is 0 Å². The lowest BCUT2D eigenvalue weighted by atomic mass is 9.99. The van der Waals surface area contributed by atoms with E-state index in [1.54, 1.807) is 6.20 Å². The minimum absolute atomic E-state index is 0.312. The molecule has 0 saturated carbocycles. The van der Waals surface area contributed by atoms with Gasteiger partial charge in [-0.25, -0.2) is 4.98 Å². The Labute approximate surface area is 115 Å². The Balaban J connectivity index is 1.78. The van der Waals surface area contributed by atoms with Crippen LogP contribution in [0.15, 0.2) is 6.20 Å². The van der Waals surface area contributed by atoms with E-state index < -0.39 is 0 Å². The number of hydrogen-bond donors (Lipinski definition) is 2. The molecule has 5 heteroatoms. The van der Waals surface area contributed by atoms with Crippen molar-refractivity contribution < 1.29 is 5.11 Å². The average molecular weight is 264 g/mol. The fourth-order valence-corrected chi connectivity index (χ4v) is 2.54. The number of nitrogens with one attached hydrogen (secondary N) is 1. The van der Waals surface area contributed by atoms with Gasteiger partial charge < -0.3 is 15.3 Å². The molecule has 106 valence electrons. The van der Waals surface area contributed by atoms with Gasteiger partial charge in [-0.05, 0) is 39.2 Å². The number of rotatable bonds is 5. The Bertz CT molecular complexity index is 410. The summed E-state index contributed by atoms with van der Waals surface area (Å²) < 4.78 is 0. The molecule has 1 atom stereocenters. The zero-order valence-electron chi connectivity index (χ0n) is 11.9. The summed E-state index contributed by atoms with van der Waals surface area (Å²) in [5, 5.41) is 12.6. The Hall–Kier alpha value is -1.20. The predicted octanol–water partition coefficient (Wildman–Crippen LogP) is 1.21. The van der Waals surface area contributed by atoms with Crippen LogP contribution in [0.3, 0.4) is 0 Å².